The van der Waals surface area contributed by atoms with Gasteiger partial charge in [-0.05, 0) is 18.9 Å². The van der Waals surface area contributed by atoms with Gasteiger partial charge in [-0.2, -0.15) is 0 Å². The van der Waals surface area contributed by atoms with Crippen molar-refractivity contribution in [2.75, 3.05) is 6.54 Å². The highest BCUT2D eigenvalue weighted by atomic mass is 35.5. The molecule has 1 aromatic rings. The van der Waals surface area contributed by atoms with Crippen molar-refractivity contribution in [2.45, 2.75) is 38.5 Å². The topological polar surface area (TPSA) is 42.2 Å². The molecule has 0 saturated carbocycles. The molecule has 3 nitrogen and oxygen atoms in total. The third-order valence-corrected chi connectivity index (χ3v) is 3.02. The van der Waals surface area contributed by atoms with E-state index in [-0.39, 0.29) is 11.3 Å². The highest BCUT2D eigenvalue weighted by Gasteiger charge is 2.12. The van der Waals surface area contributed by atoms with Crippen LogP contribution >= 0.6 is 11.6 Å². The van der Waals surface area contributed by atoms with Crippen LogP contribution in [0.2, 0.25) is 0 Å². The van der Waals surface area contributed by atoms with E-state index in [1.807, 2.05) is 13.8 Å². The summed E-state index contributed by atoms with van der Waals surface area (Å²) < 4.78 is 5.20. The normalized spacial score (nSPS) is 12.4. The van der Waals surface area contributed by atoms with E-state index in [2.05, 4.69) is 5.32 Å². The van der Waals surface area contributed by atoms with Crippen LogP contribution < -0.4 is 5.32 Å². The van der Waals surface area contributed by atoms with Crippen LogP contribution in [-0.2, 0) is 6.42 Å². The first kappa shape index (κ1) is 13.1. The maximum absolute atomic E-state index is 11.7. The molecule has 0 bridgehead atoms. The molecule has 0 aliphatic rings. The molecule has 1 unspecified atom stereocenters. The minimum absolute atomic E-state index is 0.0782. The smallest absolute Gasteiger partial charge is 0.254 e. The van der Waals surface area contributed by atoms with E-state index in [4.69, 9.17) is 16.0 Å². The Labute approximate surface area is 101 Å². The summed E-state index contributed by atoms with van der Waals surface area (Å²) in [6, 6.07) is 1.70. The van der Waals surface area contributed by atoms with Gasteiger partial charge in [0.2, 0.25) is 0 Å². The minimum atomic E-state index is -0.0782. The maximum Gasteiger partial charge on any atom is 0.254 e. The fourth-order valence-corrected chi connectivity index (χ4v) is 1.57. The lowest BCUT2D eigenvalue weighted by atomic mass is 10.2. The van der Waals surface area contributed by atoms with Crippen LogP contribution in [0.1, 0.15) is 42.8 Å². The fourth-order valence-electron chi connectivity index (χ4n) is 1.46. The van der Waals surface area contributed by atoms with Gasteiger partial charge in [-0.3, -0.25) is 4.79 Å². The van der Waals surface area contributed by atoms with Gasteiger partial charge < -0.3 is 9.73 Å². The monoisotopic (exact) mass is 243 g/mol. The Kier molecular flexibility index (Phi) is 5.39. The number of nitrogens with one attached hydrogen (secondary N) is 1. The van der Waals surface area contributed by atoms with Crippen molar-refractivity contribution in [3.63, 3.8) is 0 Å². The highest BCUT2D eigenvalue weighted by Crippen LogP contribution is 2.11. The van der Waals surface area contributed by atoms with E-state index < -0.39 is 0 Å². The molecule has 0 aliphatic carbocycles. The van der Waals surface area contributed by atoms with Crippen molar-refractivity contribution >= 4 is 17.5 Å². The molecule has 1 N–H and O–H groups in total. The zero-order chi connectivity index (χ0) is 12.0. The number of aryl methyl sites for hydroxylation is 1. The number of alkyl halides is 1. The van der Waals surface area contributed by atoms with Crippen LogP contribution in [0.5, 0.6) is 0 Å². The first-order valence-corrected chi connectivity index (χ1v) is 6.11. The number of rotatable bonds is 6. The average Bonchev–Trinajstić information content (AvgIpc) is 2.76. The van der Waals surface area contributed by atoms with Crippen LogP contribution in [0, 0.1) is 0 Å². The molecule has 16 heavy (non-hydrogen) atoms. The van der Waals surface area contributed by atoms with Gasteiger partial charge in [-0.1, -0.05) is 13.8 Å². The number of furan rings is 1. The van der Waals surface area contributed by atoms with E-state index in [1.165, 1.54) is 0 Å². The number of carbonyl (C=O) groups excluding carboxylic acids is 1. The Morgan fingerprint density at radius 1 is 1.56 bits per heavy atom. The van der Waals surface area contributed by atoms with Crippen molar-refractivity contribution in [2.24, 2.45) is 0 Å². The maximum atomic E-state index is 11.7. The van der Waals surface area contributed by atoms with Crippen LogP contribution in [0.15, 0.2) is 16.7 Å². The number of amides is 1. The van der Waals surface area contributed by atoms with Gasteiger partial charge in [0.05, 0.1) is 11.8 Å². The van der Waals surface area contributed by atoms with E-state index in [9.17, 15) is 4.79 Å². The standard InChI is InChI=1S/C12H18ClNO2/c1-3-9(13)5-7-14-12(15)10-6-8-16-11(10)4-2/h6,8-9H,3-5,7H2,1-2H3,(H,14,15). The Bertz CT molecular complexity index is 336. The fraction of sp³-hybridized carbons (Fsp3) is 0.583. The van der Waals surface area contributed by atoms with Crippen LogP contribution in [0.4, 0.5) is 0 Å². The number of carbonyl (C=O) groups is 1. The van der Waals surface area contributed by atoms with Gasteiger partial charge in [0.15, 0.2) is 0 Å². The summed E-state index contributed by atoms with van der Waals surface area (Å²) in [4.78, 5) is 11.7. The largest absolute Gasteiger partial charge is 0.469 e. The Morgan fingerprint density at radius 2 is 2.31 bits per heavy atom. The molecule has 1 heterocycles. The molecular formula is C12H18ClNO2. The Balaban J connectivity index is 2.41. The van der Waals surface area contributed by atoms with E-state index in [0.717, 1.165) is 25.0 Å². The number of hydrogen-bond acceptors (Lipinski definition) is 2. The van der Waals surface area contributed by atoms with Crippen molar-refractivity contribution in [1.29, 1.82) is 0 Å². The zero-order valence-electron chi connectivity index (χ0n) is 9.75. The number of hydrogen-bond donors (Lipinski definition) is 1. The lowest BCUT2D eigenvalue weighted by molar-refractivity contribution is 0.0951. The summed E-state index contributed by atoms with van der Waals surface area (Å²) >= 11 is 5.96. The van der Waals surface area contributed by atoms with Gasteiger partial charge in [0, 0.05) is 18.3 Å². The molecule has 1 amide bonds. The second kappa shape index (κ2) is 6.59. The first-order valence-electron chi connectivity index (χ1n) is 5.67. The molecule has 0 radical (unpaired) electrons. The Hall–Kier alpha value is -0.960. The summed E-state index contributed by atoms with van der Waals surface area (Å²) in [6.07, 6.45) is 3.99. The van der Waals surface area contributed by atoms with Gasteiger partial charge in [-0.25, -0.2) is 0 Å². The number of halogens is 1. The molecule has 0 fully saturated rings. The van der Waals surface area contributed by atoms with Crippen LogP contribution in [-0.4, -0.2) is 17.8 Å². The van der Waals surface area contributed by atoms with Crippen LogP contribution in [0.25, 0.3) is 0 Å². The molecule has 1 rings (SSSR count). The third-order valence-electron chi connectivity index (χ3n) is 2.50. The average molecular weight is 244 g/mol. The van der Waals surface area contributed by atoms with Gasteiger partial charge in [0.25, 0.3) is 5.91 Å². The van der Waals surface area contributed by atoms with Crippen molar-refractivity contribution in [1.82, 2.24) is 5.32 Å². The molecule has 1 atom stereocenters. The summed E-state index contributed by atoms with van der Waals surface area (Å²) in [5.74, 6) is 0.654. The van der Waals surface area contributed by atoms with Crippen LogP contribution in [0.3, 0.4) is 0 Å². The quantitative estimate of drug-likeness (QED) is 0.781. The molecule has 0 saturated heterocycles. The van der Waals surface area contributed by atoms with Gasteiger partial charge in [-0.15, -0.1) is 11.6 Å². The van der Waals surface area contributed by atoms with E-state index >= 15 is 0 Å². The molecule has 4 heteroatoms. The summed E-state index contributed by atoms with van der Waals surface area (Å²) in [7, 11) is 0. The predicted octanol–water partition coefficient (Wildman–Crippen LogP) is 2.98. The van der Waals surface area contributed by atoms with Gasteiger partial charge >= 0.3 is 0 Å². The minimum Gasteiger partial charge on any atom is -0.469 e. The first-order chi connectivity index (χ1) is 7.69. The SMILES string of the molecule is CCc1occc1C(=O)NCCC(Cl)CC. The lowest BCUT2D eigenvalue weighted by Crippen LogP contribution is -2.26. The van der Waals surface area contributed by atoms with Crippen molar-refractivity contribution in [3.05, 3.63) is 23.7 Å². The molecule has 0 aromatic carbocycles. The summed E-state index contributed by atoms with van der Waals surface area (Å²) in [5, 5.41) is 2.98. The molecule has 1 aromatic heterocycles. The predicted molar refractivity (Wildman–Crippen MR) is 65.0 cm³/mol. The molecule has 0 aliphatic heterocycles. The second-order valence-corrected chi connectivity index (χ2v) is 4.28. The molecule has 90 valence electrons. The second-order valence-electron chi connectivity index (χ2n) is 3.66. The lowest BCUT2D eigenvalue weighted by Gasteiger charge is -2.07. The van der Waals surface area contributed by atoms with Crippen molar-refractivity contribution < 1.29 is 9.21 Å². The Morgan fingerprint density at radius 3 is 2.94 bits per heavy atom. The zero-order valence-corrected chi connectivity index (χ0v) is 10.5. The molecule has 0 spiro atoms. The molecular weight excluding hydrogens is 226 g/mol. The van der Waals surface area contributed by atoms with E-state index in [1.54, 1.807) is 12.3 Å². The summed E-state index contributed by atoms with van der Waals surface area (Å²) in [5.41, 5.74) is 0.630. The van der Waals surface area contributed by atoms with Crippen molar-refractivity contribution in [3.8, 4) is 0 Å². The highest BCUT2D eigenvalue weighted by molar-refractivity contribution is 6.20. The third kappa shape index (κ3) is 3.56. The van der Waals surface area contributed by atoms with E-state index in [0.29, 0.717) is 12.1 Å². The summed E-state index contributed by atoms with van der Waals surface area (Å²) in [6.45, 7) is 4.60. The van der Waals surface area contributed by atoms with Gasteiger partial charge in [0.1, 0.15) is 5.76 Å².